The molecule has 2 rings (SSSR count). The van der Waals surface area contributed by atoms with Crippen molar-refractivity contribution in [1.82, 2.24) is 4.90 Å². The van der Waals surface area contributed by atoms with Gasteiger partial charge < -0.3 is 4.90 Å². The predicted molar refractivity (Wildman–Crippen MR) is 84.5 cm³/mol. The molecule has 1 atom stereocenters. The average Bonchev–Trinajstić information content (AvgIpc) is 2.47. The normalized spacial score (nSPS) is 12.3. The van der Waals surface area contributed by atoms with E-state index in [1.54, 1.807) is 0 Å². The summed E-state index contributed by atoms with van der Waals surface area (Å²) in [5, 5.41) is 2.46. The summed E-state index contributed by atoms with van der Waals surface area (Å²) in [6, 6.07) is 14.6. The zero-order valence-corrected chi connectivity index (χ0v) is 12.6. The van der Waals surface area contributed by atoms with Gasteiger partial charge in [0.15, 0.2) is 0 Å². The van der Waals surface area contributed by atoms with E-state index >= 15 is 0 Å². The van der Waals surface area contributed by atoms with Crippen LogP contribution in [0.1, 0.15) is 32.3 Å². The largest absolute Gasteiger partial charge is 0.341 e. The van der Waals surface area contributed by atoms with Crippen LogP contribution in [0.5, 0.6) is 0 Å². The fraction of sp³-hybridized carbons (Fsp3) is 0.389. The first-order chi connectivity index (χ1) is 9.63. The van der Waals surface area contributed by atoms with Gasteiger partial charge in [0.1, 0.15) is 0 Å². The first kappa shape index (κ1) is 14.6. The molecule has 0 N–H and O–H groups in total. The van der Waals surface area contributed by atoms with E-state index in [2.05, 4.69) is 37.3 Å². The first-order valence-corrected chi connectivity index (χ1v) is 7.35. The van der Waals surface area contributed by atoms with E-state index in [4.69, 9.17) is 0 Å². The van der Waals surface area contributed by atoms with Crippen LogP contribution in [0.4, 0.5) is 0 Å². The van der Waals surface area contributed by atoms with E-state index in [0.717, 1.165) is 12.8 Å². The predicted octanol–water partition coefficient (Wildman–Crippen LogP) is 4.23. The summed E-state index contributed by atoms with van der Waals surface area (Å²) in [7, 11) is 1.90. The van der Waals surface area contributed by atoms with Crippen LogP contribution in [0.3, 0.4) is 0 Å². The Kier molecular flexibility index (Phi) is 4.78. The Bertz CT molecular complexity index is 585. The van der Waals surface area contributed by atoms with Crippen molar-refractivity contribution in [1.29, 1.82) is 0 Å². The SMILES string of the molecule is CCCC(C)C(=O)N(C)Cc1cccc2ccccc12. The van der Waals surface area contributed by atoms with Crippen molar-refractivity contribution in [3.05, 3.63) is 48.0 Å². The van der Waals surface area contributed by atoms with Gasteiger partial charge in [0.2, 0.25) is 5.91 Å². The van der Waals surface area contributed by atoms with Gasteiger partial charge in [0.05, 0.1) is 0 Å². The maximum Gasteiger partial charge on any atom is 0.225 e. The molecule has 106 valence electrons. The smallest absolute Gasteiger partial charge is 0.225 e. The number of fused-ring (bicyclic) bond motifs is 1. The van der Waals surface area contributed by atoms with Crippen LogP contribution in [0.25, 0.3) is 10.8 Å². The number of rotatable bonds is 5. The van der Waals surface area contributed by atoms with Crippen molar-refractivity contribution >= 4 is 16.7 Å². The van der Waals surface area contributed by atoms with Crippen LogP contribution in [0.15, 0.2) is 42.5 Å². The van der Waals surface area contributed by atoms with Gasteiger partial charge in [-0.15, -0.1) is 0 Å². The molecule has 0 bridgehead atoms. The Balaban J connectivity index is 2.18. The van der Waals surface area contributed by atoms with E-state index < -0.39 is 0 Å². The molecule has 0 aliphatic heterocycles. The number of hydrogen-bond donors (Lipinski definition) is 0. The third kappa shape index (κ3) is 3.19. The molecule has 1 unspecified atom stereocenters. The molecule has 2 heteroatoms. The second kappa shape index (κ2) is 6.56. The fourth-order valence-electron chi connectivity index (χ4n) is 2.70. The van der Waals surface area contributed by atoms with Gasteiger partial charge in [-0.2, -0.15) is 0 Å². The third-order valence-electron chi connectivity index (χ3n) is 3.81. The molecule has 0 radical (unpaired) electrons. The highest BCUT2D eigenvalue weighted by atomic mass is 16.2. The monoisotopic (exact) mass is 269 g/mol. The minimum Gasteiger partial charge on any atom is -0.341 e. The summed E-state index contributed by atoms with van der Waals surface area (Å²) >= 11 is 0. The molecule has 0 aliphatic carbocycles. The van der Waals surface area contributed by atoms with Gasteiger partial charge in [0.25, 0.3) is 0 Å². The van der Waals surface area contributed by atoms with E-state index in [9.17, 15) is 4.79 Å². The molecular formula is C18H23NO. The van der Waals surface area contributed by atoms with Gasteiger partial charge in [-0.1, -0.05) is 62.7 Å². The van der Waals surface area contributed by atoms with Crippen LogP contribution < -0.4 is 0 Å². The molecule has 0 spiro atoms. The molecule has 0 aromatic heterocycles. The van der Waals surface area contributed by atoms with Crippen LogP contribution in [0, 0.1) is 5.92 Å². The number of nitrogens with zero attached hydrogens (tertiary/aromatic N) is 1. The fourth-order valence-corrected chi connectivity index (χ4v) is 2.70. The second-order valence-electron chi connectivity index (χ2n) is 5.52. The van der Waals surface area contributed by atoms with Crippen molar-refractivity contribution in [2.75, 3.05) is 7.05 Å². The highest BCUT2D eigenvalue weighted by Crippen LogP contribution is 2.20. The Morgan fingerprint density at radius 3 is 2.60 bits per heavy atom. The van der Waals surface area contributed by atoms with Crippen molar-refractivity contribution in [3.63, 3.8) is 0 Å². The van der Waals surface area contributed by atoms with Crippen LogP contribution in [-0.2, 0) is 11.3 Å². The van der Waals surface area contributed by atoms with E-state index in [-0.39, 0.29) is 11.8 Å². The lowest BCUT2D eigenvalue weighted by Crippen LogP contribution is -2.31. The molecule has 2 aromatic rings. The number of carbonyl (C=O) groups excluding carboxylic acids is 1. The lowest BCUT2D eigenvalue weighted by molar-refractivity contribution is -0.134. The van der Waals surface area contributed by atoms with Gasteiger partial charge in [-0.05, 0) is 22.8 Å². The van der Waals surface area contributed by atoms with Gasteiger partial charge >= 0.3 is 0 Å². The van der Waals surface area contributed by atoms with Gasteiger partial charge in [-0.3, -0.25) is 4.79 Å². The van der Waals surface area contributed by atoms with Crippen molar-refractivity contribution in [2.24, 2.45) is 5.92 Å². The summed E-state index contributed by atoms with van der Waals surface area (Å²) in [6.07, 6.45) is 2.01. The molecule has 2 nitrogen and oxygen atoms in total. The molecular weight excluding hydrogens is 246 g/mol. The minimum absolute atomic E-state index is 0.111. The van der Waals surface area contributed by atoms with Crippen LogP contribution in [-0.4, -0.2) is 17.9 Å². The molecule has 0 heterocycles. The molecule has 0 aliphatic rings. The Labute approximate surface area is 121 Å². The van der Waals surface area contributed by atoms with Crippen LogP contribution >= 0.6 is 0 Å². The quantitative estimate of drug-likeness (QED) is 0.795. The Hall–Kier alpha value is -1.83. The number of amides is 1. The molecule has 0 saturated carbocycles. The molecule has 1 amide bonds. The number of carbonyl (C=O) groups is 1. The van der Waals surface area contributed by atoms with E-state index in [1.165, 1.54) is 16.3 Å². The highest BCUT2D eigenvalue weighted by Gasteiger charge is 2.17. The van der Waals surface area contributed by atoms with Crippen molar-refractivity contribution < 1.29 is 4.79 Å². The van der Waals surface area contributed by atoms with E-state index in [1.807, 2.05) is 31.0 Å². The summed E-state index contributed by atoms with van der Waals surface area (Å²) < 4.78 is 0. The van der Waals surface area contributed by atoms with Crippen molar-refractivity contribution in [2.45, 2.75) is 33.2 Å². The van der Waals surface area contributed by atoms with Gasteiger partial charge in [0, 0.05) is 19.5 Å². The molecule has 20 heavy (non-hydrogen) atoms. The summed E-state index contributed by atoms with van der Waals surface area (Å²) in [6.45, 7) is 4.81. The third-order valence-corrected chi connectivity index (χ3v) is 3.81. The standard InChI is InChI=1S/C18H23NO/c1-4-8-14(2)18(20)19(3)13-16-11-7-10-15-9-5-6-12-17(15)16/h5-7,9-12,14H,4,8,13H2,1-3H3. The zero-order chi connectivity index (χ0) is 14.5. The average molecular weight is 269 g/mol. The minimum atomic E-state index is 0.111. The van der Waals surface area contributed by atoms with E-state index in [0.29, 0.717) is 6.54 Å². The maximum atomic E-state index is 12.3. The molecule has 0 saturated heterocycles. The number of hydrogen-bond acceptors (Lipinski definition) is 1. The molecule has 2 aromatic carbocycles. The highest BCUT2D eigenvalue weighted by molar-refractivity contribution is 5.86. The van der Waals surface area contributed by atoms with Gasteiger partial charge in [-0.25, -0.2) is 0 Å². The Morgan fingerprint density at radius 1 is 1.15 bits per heavy atom. The topological polar surface area (TPSA) is 20.3 Å². The summed E-state index contributed by atoms with van der Waals surface area (Å²) in [5.74, 6) is 0.347. The zero-order valence-electron chi connectivity index (χ0n) is 12.6. The first-order valence-electron chi connectivity index (χ1n) is 7.35. The number of benzene rings is 2. The summed E-state index contributed by atoms with van der Waals surface area (Å²) in [4.78, 5) is 14.1. The lowest BCUT2D eigenvalue weighted by atomic mass is 10.0. The van der Waals surface area contributed by atoms with Crippen LogP contribution in [0.2, 0.25) is 0 Å². The summed E-state index contributed by atoms with van der Waals surface area (Å²) in [5.41, 5.74) is 1.21. The lowest BCUT2D eigenvalue weighted by Gasteiger charge is -2.22. The molecule has 0 fully saturated rings. The van der Waals surface area contributed by atoms with Crippen molar-refractivity contribution in [3.8, 4) is 0 Å². The maximum absolute atomic E-state index is 12.3. The Morgan fingerprint density at radius 2 is 1.85 bits per heavy atom. The second-order valence-corrected chi connectivity index (χ2v) is 5.52.